The molecule has 1 fully saturated rings. The Bertz CT molecular complexity index is 466. The highest BCUT2D eigenvalue weighted by Crippen LogP contribution is 2.33. The van der Waals surface area contributed by atoms with Crippen LogP contribution in [-0.2, 0) is 24.9 Å². The van der Waals surface area contributed by atoms with Gasteiger partial charge in [0, 0.05) is 13.4 Å². The molecule has 0 aromatic heterocycles. The summed E-state index contributed by atoms with van der Waals surface area (Å²) >= 11 is 0. The van der Waals surface area contributed by atoms with Crippen LogP contribution >= 0.6 is 0 Å². The summed E-state index contributed by atoms with van der Waals surface area (Å²) in [5.74, 6) is 0. The molecule has 0 N–H and O–H groups in total. The van der Waals surface area contributed by atoms with Crippen molar-refractivity contribution in [1.82, 2.24) is 0 Å². The van der Waals surface area contributed by atoms with Gasteiger partial charge < -0.3 is 9.47 Å². The van der Waals surface area contributed by atoms with Crippen molar-refractivity contribution < 1.29 is 17.9 Å². The Labute approximate surface area is 95.1 Å². The fourth-order valence-electron chi connectivity index (χ4n) is 1.70. The Morgan fingerprint density at radius 2 is 1.81 bits per heavy atom. The van der Waals surface area contributed by atoms with Gasteiger partial charge in [0.15, 0.2) is 9.84 Å². The van der Waals surface area contributed by atoms with E-state index < -0.39 is 15.4 Å². The van der Waals surface area contributed by atoms with E-state index in [1.54, 1.807) is 31.4 Å². The van der Waals surface area contributed by atoms with Gasteiger partial charge in [-0.15, -0.1) is 0 Å². The van der Waals surface area contributed by atoms with E-state index in [1.807, 2.05) is 0 Å². The number of hydrogen-bond donors (Lipinski definition) is 0. The molecule has 4 nitrogen and oxygen atoms in total. The van der Waals surface area contributed by atoms with Gasteiger partial charge in [-0.25, -0.2) is 8.42 Å². The van der Waals surface area contributed by atoms with Crippen molar-refractivity contribution in [2.24, 2.45) is 0 Å². The summed E-state index contributed by atoms with van der Waals surface area (Å²) in [6.45, 7) is 1.03. The van der Waals surface area contributed by atoms with Crippen LogP contribution in [0.2, 0.25) is 0 Å². The second kappa shape index (κ2) is 3.84. The van der Waals surface area contributed by atoms with Gasteiger partial charge in [-0.05, 0) is 17.7 Å². The molecule has 0 saturated carbocycles. The zero-order valence-electron chi connectivity index (χ0n) is 9.26. The Morgan fingerprint density at radius 3 is 2.12 bits per heavy atom. The van der Waals surface area contributed by atoms with Crippen molar-refractivity contribution in [3.63, 3.8) is 0 Å². The molecule has 1 aliphatic rings. The molecule has 1 aliphatic heterocycles. The van der Waals surface area contributed by atoms with Gasteiger partial charge in [-0.2, -0.15) is 0 Å². The van der Waals surface area contributed by atoms with Crippen LogP contribution in [0, 0.1) is 0 Å². The first-order valence-corrected chi connectivity index (χ1v) is 6.81. The summed E-state index contributed by atoms with van der Waals surface area (Å²) in [6.07, 6.45) is 1.19. The van der Waals surface area contributed by atoms with Crippen LogP contribution in [-0.4, -0.2) is 35.0 Å². The highest BCUT2D eigenvalue weighted by Gasteiger charge is 2.40. The summed E-state index contributed by atoms with van der Waals surface area (Å²) < 4.78 is 33.1. The molecule has 1 saturated heterocycles. The summed E-state index contributed by atoms with van der Waals surface area (Å²) in [5, 5.41) is 0. The summed E-state index contributed by atoms with van der Waals surface area (Å²) in [6, 6.07) is 6.76. The van der Waals surface area contributed by atoms with Crippen LogP contribution in [0.5, 0.6) is 0 Å². The van der Waals surface area contributed by atoms with Gasteiger partial charge in [-0.1, -0.05) is 12.1 Å². The maximum atomic E-state index is 11.3. The van der Waals surface area contributed by atoms with E-state index in [4.69, 9.17) is 9.47 Å². The second-order valence-electron chi connectivity index (χ2n) is 3.99. The van der Waals surface area contributed by atoms with Crippen LogP contribution in [0.15, 0.2) is 29.2 Å². The fourth-order valence-corrected chi connectivity index (χ4v) is 2.33. The molecule has 16 heavy (non-hydrogen) atoms. The van der Waals surface area contributed by atoms with Crippen molar-refractivity contribution in [2.45, 2.75) is 10.5 Å². The lowest BCUT2D eigenvalue weighted by Gasteiger charge is -2.40. The first-order chi connectivity index (χ1) is 7.48. The molecule has 0 radical (unpaired) electrons. The fraction of sp³-hybridized carbons (Fsp3) is 0.455. The normalized spacial score (nSPS) is 19.1. The van der Waals surface area contributed by atoms with E-state index in [1.165, 1.54) is 6.26 Å². The van der Waals surface area contributed by atoms with Crippen LogP contribution in [0.25, 0.3) is 0 Å². The molecule has 5 heteroatoms. The van der Waals surface area contributed by atoms with Crippen molar-refractivity contribution >= 4 is 9.84 Å². The predicted molar refractivity (Wildman–Crippen MR) is 59.1 cm³/mol. The highest BCUT2D eigenvalue weighted by atomic mass is 32.2. The van der Waals surface area contributed by atoms with E-state index in [9.17, 15) is 8.42 Å². The predicted octanol–water partition coefficient (Wildman–Crippen LogP) is 0.962. The standard InChI is InChI=1S/C11H14O4S/c1-14-11(7-15-8-11)9-3-5-10(6-4-9)16(2,12)13/h3-6H,7-8H2,1-2H3. The van der Waals surface area contributed by atoms with Crippen LogP contribution in [0.3, 0.4) is 0 Å². The van der Waals surface area contributed by atoms with Crippen LogP contribution < -0.4 is 0 Å². The topological polar surface area (TPSA) is 52.6 Å². The molecule has 0 bridgehead atoms. The maximum absolute atomic E-state index is 11.3. The van der Waals surface area contributed by atoms with E-state index in [2.05, 4.69) is 0 Å². The maximum Gasteiger partial charge on any atom is 0.175 e. The highest BCUT2D eigenvalue weighted by molar-refractivity contribution is 7.90. The summed E-state index contributed by atoms with van der Waals surface area (Å²) in [4.78, 5) is 0.322. The van der Waals surface area contributed by atoms with Crippen molar-refractivity contribution in [3.8, 4) is 0 Å². The van der Waals surface area contributed by atoms with E-state index in [0.717, 1.165) is 5.56 Å². The van der Waals surface area contributed by atoms with E-state index in [-0.39, 0.29) is 0 Å². The van der Waals surface area contributed by atoms with Gasteiger partial charge in [-0.3, -0.25) is 0 Å². The number of rotatable bonds is 3. The molecule has 2 rings (SSSR count). The lowest BCUT2D eigenvalue weighted by molar-refractivity contribution is -0.202. The van der Waals surface area contributed by atoms with Gasteiger partial charge >= 0.3 is 0 Å². The third-order valence-corrected chi connectivity index (χ3v) is 4.00. The van der Waals surface area contributed by atoms with Crippen LogP contribution in [0.1, 0.15) is 5.56 Å². The molecule has 0 atom stereocenters. The molecule has 1 aromatic carbocycles. The average molecular weight is 242 g/mol. The lowest BCUT2D eigenvalue weighted by atomic mass is 9.92. The largest absolute Gasteiger partial charge is 0.375 e. The monoisotopic (exact) mass is 242 g/mol. The quantitative estimate of drug-likeness (QED) is 0.792. The molecule has 0 unspecified atom stereocenters. The Kier molecular flexibility index (Phi) is 2.77. The Balaban J connectivity index is 2.33. The smallest absolute Gasteiger partial charge is 0.175 e. The van der Waals surface area contributed by atoms with Crippen molar-refractivity contribution in [2.75, 3.05) is 26.6 Å². The first-order valence-electron chi connectivity index (χ1n) is 4.91. The molecule has 1 aromatic rings. The first kappa shape index (κ1) is 11.6. The molecule has 0 spiro atoms. The van der Waals surface area contributed by atoms with Gasteiger partial charge in [0.05, 0.1) is 18.1 Å². The van der Waals surface area contributed by atoms with Gasteiger partial charge in [0.2, 0.25) is 0 Å². The number of methoxy groups -OCH3 is 1. The minimum Gasteiger partial charge on any atom is -0.375 e. The number of hydrogen-bond acceptors (Lipinski definition) is 4. The minimum absolute atomic E-state index is 0.322. The SMILES string of the molecule is COC1(c2ccc(S(C)(=O)=O)cc2)COC1. The van der Waals surface area contributed by atoms with Gasteiger partial charge in [0.1, 0.15) is 5.60 Å². The van der Waals surface area contributed by atoms with E-state index in [0.29, 0.717) is 18.1 Å². The number of benzene rings is 1. The molecule has 88 valence electrons. The zero-order valence-corrected chi connectivity index (χ0v) is 10.1. The van der Waals surface area contributed by atoms with Gasteiger partial charge in [0.25, 0.3) is 0 Å². The number of sulfone groups is 1. The third-order valence-electron chi connectivity index (χ3n) is 2.87. The molecular weight excluding hydrogens is 228 g/mol. The minimum atomic E-state index is -3.13. The number of ether oxygens (including phenoxy) is 2. The summed E-state index contributed by atoms with van der Waals surface area (Å²) in [7, 11) is -1.50. The van der Waals surface area contributed by atoms with Crippen molar-refractivity contribution in [3.05, 3.63) is 29.8 Å². The molecule has 0 aliphatic carbocycles. The Hall–Kier alpha value is -0.910. The Morgan fingerprint density at radius 1 is 1.25 bits per heavy atom. The lowest BCUT2D eigenvalue weighted by Crippen LogP contribution is -2.48. The van der Waals surface area contributed by atoms with Crippen molar-refractivity contribution in [1.29, 1.82) is 0 Å². The van der Waals surface area contributed by atoms with Crippen LogP contribution in [0.4, 0.5) is 0 Å². The summed E-state index contributed by atoms with van der Waals surface area (Å²) in [5.41, 5.74) is 0.560. The second-order valence-corrected chi connectivity index (χ2v) is 6.00. The third kappa shape index (κ3) is 1.86. The average Bonchev–Trinajstić information content (AvgIpc) is 2.16. The van der Waals surface area contributed by atoms with E-state index >= 15 is 0 Å². The molecule has 0 amide bonds. The zero-order chi connectivity index (χ0) is 11.8. The molecule has 1 heterocycles. The molecular formula is C11H14O4S.